The van der Waals surface area contributed by atoms with Crippen LogP contribution in [0.3, 0.4) is 0 Å². The van der Waals surface area contributed by atoms with Gasteiger partial charge in [0.15, 0.2) is 5.69 Å². The Balaban J connectivity index is 1.79. The van der Waals surface area contributed by atoms with Crippen LogP contribution in [0.4, 0.5) is 0 Å². The Hall–Kier alpha value is -1.43. The Labute approximate surface area is 100 Å². The molecule has 1 aliphatic rings. The first-order valence-corrected chi connectivity index (χ1v) is 5.87. The second kappa shape index (κ2) is 4.44. The molecule has 0 aliphatic heterocycles. The average molecular weight is 238 g/mol. The van der Waals surface area contributed by atoms with E-state index in [1.165, 1.54) is 19.0 Å². The van der Waals surface area contributed by atoms with E-state index < -0.39 is 5.97 Å². The molecule has 0 radical (unpaired) electrons. The van der Waals surface area contributed by atoms with Gasteiger partial charge in [0.25, 0.3) is 0 Å². The van der Waals surface area contributed by atoms with E-state index in [2.05, 4.69) is 29.5 Å². The second-order valence-corrected chi connectivity index (χ2v) is 5.09. The quantitative estimate of drug-likeness (QED) is 0.764. The number of aromatic carboxylic acids is 1. The molecule has 17 heavy (non-hydrogen) atoms. The number of carboxylic acid groups (broad SMARTS) is 1. The largest absolute Gasteiger partial charge is 0.476 e. The summed E-state index contributed by atoms with van der Waals surface area (Å²) in [5, 5.41) is 19.5. The van der Waals surface area contributed by atoms with Crippen molar-refractivity contribution in [2.24, 2.45) is 5.92 Å². The summed E-state index contributed by atoms with van der Waals surface area (Å²) in [4.78, 5) is 10.6. The summed E-state index contributed by atoms with van der Waals surface area (Å²) in [6, 6.07) is 0. The van der Waals surface area contributed by atoms with Crippen LogP contribution in [0.25, 0.3) is 0 Å². The van der Waals surface area contributed by atoms with E-state index in [-0.39, 0.29) is 11.2 Å². The number of rotatable bonds is 6. The van der Waals surface area contributed by atoms with Crippen LogP contribution in [0.15, 0.2) is 6.20 Å². The maximum atomic E-state index is 10.6. The monoisotopic (exact) mass is 238 g/mol. The van der Waals surface area contributed by atoms with Crippen LogP contribution in [0, 0.1) is 5.92 Å². The number of hydrogen-bond acceptors (Lipinski definition) is 4. The summed E-state index contributed by atoms with van der Waals surface area (Å²) in [5.74, 6) is -0.268. The minimum Gasteiger partial charge on any atom is -0.476 e. The predicted octanol–water partition coefficient (Wildman–Crippen LogP) is 0.754. The molecule has 6 heteroatoms. The Morgan fingerprint density at radius 2 is 2.35 bits per heavy atom. The topological polar surface area (TPSA) is 80.0 Å². The lowest BCUT2D eigenvalue weighted by atomic mass is 9.99. The SMILES string of the molecule is CC(C)(NCCn1cc(C(=O)O)nn1)C1CC1. The highest BCUT2D eigenvalue weighted by atomic mass is 16.4. The molecule has 6 nitrogen and oxygen atoms in total. The van der Waals surface area contributed by atoms with Gasteiger partial charge in [0, 0.05) is 12.1 Å². The van der Waals surface area contributed by atoms with Crippen molar-refractivity contribution in [3.8, 4) is 0 Å². The van der Waals surface area contributed by atoms with Gasteiger partial charge in [-0.1, -0.05) is 5.21 Å². The van der Waals surface area contributed by atoms with Gasteiger partial charge in [0.1, 0.15) is 0 Å². The lowest BCUT2D eigenvalue weighted by Crippen LogP contribution is -2.42. The molecular formula is C11H18N4O2. The number of carboxylic acids is 1. The first kappa shape index (κ1) is 12.0. The number of hydrogen-bond donors (Lipinski definition) is 2. The Morgan fingerprint density at radius 1 is 1.65 bits per heavy atom. The van der Waals surface area contributed by atoms with Crippen LogP contribution in [-0.4, -0.2) is 38.2 Å². The first-order valence-electron chi connectivity index (χ1n) is 5.87. The second-order valence-electron chi connectivity index (χ2n) is 5.09. The van der Waals surface area contributed by atoms with E-state index in [1.807, 2.05) is 0 Å². The predicted molar refractivity (Wildman–Crippen MR) is 61.8 cm³/mol. The third kappa shape index (κ3) is 3.03. The number of nitrogens with one attached hydrogen (secondary N) is 1. The van der Waals surface area contributed by atoms with Gasteiger partial charge in [-0.3, -0.25) is 4.68 Å². The van der Waals surface area contributed by atoms with E-state index in [1.54, 1.807) is 4.68 Å². The first-order chi connectivity index (χ1) is 7.99. The van der Waals surface area contributed by atoms with Gasteiger partial charge >= 0.3 is 5.97 Å². The smallest absolute Gasteiger partial charge is 0.358 e. The van der Waals surface area contributed by atoms with Crippen molar-refractivity contribution in [2.75, 3.05) is 6.54 Å². The molecule has 0 saturated heterocycles. The molecule has 0 unspecified atom stereocenters. The molecule has 1 aromatic heterocycles. The molecule has 1 saturated carbocycles. The van der Waals surface area contributed by atoms with Crippen molar-refractivity contribution in [1.82, 2.24) is 20.3 Å². The van der Waals surface area contributed by atoms with E-state index in [0.717, 1.165) is 12.5 Å². The molecular weight excluding hydrogens is 220 g/mol. The molecule has 2 rings (SSSR count). The molecule has 1 aliphatic carbocycles. The van der Waals surface area contributed by atoms with Crippen molar-refractivity contribution in [3.05, 3.63) is 11.9 Å². The molecule has 0 spiro atoms. The fraction of sp³-hybridized carbons (Fsp3) is 0.727. The highest BCUT2D eigenvalue weighted by Crippen LogP contribution is 2.38. The molecule has 1 aromatic rings. The third-order valence-corrected chi connectivity index (χ3v) is 3.28. The summed E-state index contributed by atoms with van der Waals surface area (Å²) in [7, 11) is 0. The maximum Gasteiger partial charge on any atom is 0.358 e. The van der Waals surface area contributed by atoms with Crippen molar-refractivity contribution < 1.29 is 9.90 Å². The van der Waals surface area contributed by atoms with E-state index in [9.17, 15) is 4.79 Å². The Morgan fingerprint density at radius 3 is 2.88 bits per heavy atom. The van der Waals surface area contributed by atoms with Crippen molar-refractivity contribution in [3.63, 3.8) is 0 Å². The lowest BCUT2D eigenvalue weighted by Gasteiger charge is -2.26. The van der Waals surface area contributed by atoms with Gasteiger partial charge in [-0.25, -0.2) is 4.79 Å². The van der Waals surface area contributed by atoms with Gasteiger partial charge in [-0.2, -0.15) is 0 Å². The molecule has 1 heterocycles. The summed E-state index contributed by atoms with van der Waals surface area (Å²) < 4.78 is 1.55. The molecule has 0 atom stereocenters. The summed E-state index contributed by atoms with van der Waals surface area (Å²) in [5.41, 5.74) is 0.155. The highest BCUT2D eigenvalue weighted by Gasteiger charge is 2.36. The molecule has 0 aromatic carbocycles. The lowest BCUT2D eigenvalue weighted by molar-refractivity contribution is 0.0690. The van der Waals surface area contributed by atoms with Gasteiger partial charge < -0.3 is 10.4 Å². The van der Waals surface area contributed by atoms with Crippen LogP contribution in [0.1, 0.15) is 37.2 Å². The zero-order valence-electron chi connectivity index (χ0n) is 10.2. The van der Waals surface area contributed by atoms with Crippen LogP contribution < -0.4 is 5.32 Å². The van der Waals surface area contributed by atoms with Gasteiger partial charge in [0.05, 0.1) is 12.7 Å². The summed E-state index contributed by atoms with van der Waals surface area (Å²) in [6.45, 7) is 5.81. The normalized spacial score (nSPS) is 16.1. The van der Waals surface area contributed by atoms with E-state index in [4.69, 9.17) is 5.11 Å². The standard InChI is InChI=1S/C11H18N4O2/c1-11(2,8-3-4-8)12-5-6-15-7-9(10(16)17)13-14-15/h7-8,12H,3-6H2,1-2H3,(H,16,17). The van der Waals surface area contributed by atoms with Crippen LogP contribution >= 0.6 is 0 Å². The Kier molecular flexibility index (Phi) is 3.15. The highest BCUT2D eigenvalue weighted by molar-refractivity contribution is 5.84. The van der Waals surface area contributed by atoms with Crippen LogP contribution in [0.5, 0.6) is 0 Å². The average Bonchev–Trinajstić information content (AvgIpc) is 3.00. The molecule has 2 N–H and O–H groups in total. The van der Waals surface area contributed by atoms with Crippen molar-refractivity contribution in [2.45, 2.75) is 38.8 Å². The van der Waals surface area contributed by atoms with Gasteiger partial charge in [-0.05, 0) is 32.6 Å². The van der Waals surface area contributed by atoms with E-state index >= 15 is 0 Å². The van der Waals surface area contributed by atoms with E-state index in [0.29, 0.717) is 6.54 Å². The summed E-state index contributed by atoms with van der Waals surface area (Å²) in [6.07, 6.45) is 4.05. The maximum absolute atomic E-state index is 10.6. The van der Waals surface area contributed by atoms with Crippen molar-refractivity contribution in [1.29, 1.82) is 0 Å². The molecule has 0 amide bonds. The zero-order chi connectivity index (χ0) is 12.5. The third-order valence-electron chi connectivity index (χ3n) is 3.28. The Bertz CT molecular complexity index is 409. The van der Waals surface area contributed by atoms with Gasteiger partial charge in [0.2, 0.25) is 0 Å². The summed E-state index contributed by atoms with van der Waals surface area (Å²) >= 11 is 0. The van der Waals surface area contributed by atoms with Crippen LogP contribution in [0.2, 0.25) is 0 Å². The zero-order valence-corrected chi connectivity index (χ0v) is 10.2. The molecule has 94 valence electrons. The fourth-order valence-electron chi connectivity index (χ4n) is 1.95. The van der Waals surface area contributed by atoms with Gasteiger partial charge in [-0.15, -0.1) is 5.10 Å². The molecule has 1 fully saturated rings. The molecule has 0 bridgehead atoms. The number of aromatic nitrogens is 3. The minimum absolute atomic E-state index is 0.00791. The van der Waals surface area contributed by atoms with Crippen molar-refractivity contribution >= 4 is 5.97 Å². The number of nitrogens with zero attached hydrogens (tertiary/aromatic N) is 3. The van der Waals surface area contributed by atoms with Crippen LogP contribution in [-0.2, 0) is 6.54 Å². The minimum atomic E-state index is -1.04. The number of carbonyl (C=O) groups is 1. The fourth-order valence-corrected chi connectivity index (χ4v) is 1.95.